The van der Waals surface area contributed by atoms with Crippen LogP contribution in [0.3, 0.4) is 0 Å². The van der Waals surface area contributed by atoms with Gasteiger partial charge in [-0.15, -0.1) is 0 Å². The van der Waals surface area contributed by atoms with Crippen molar-refractivity contribution in [2.75, 3.05) is 19.8 Å². The maximum atomic E-state index is 6.10. The Bertz CT molecular complexity index is 288. The average Bonchev–Trinajstić information content (AvgIpc) is 2.48. The van der Waals surface area contributed by atoms with Gasteiger partial charge in [0.05, 0.1) is 11.2 Å². The molecule has 0 saturated heterocycles. The van der Waals surface area contributed by atoms with E-state index in [-0.39, 0.29) is 11.4 Å². The van der Waals surface area contributed by atoms with Crippen LogP contribution in [0.1, 0.15) is 53.4 Å². The van der Waals surface area contributed by atoms with E-state index in [4.69, 9.17) is 30.5 Å². The van der Waals surface area contributed by atoms with Gasteiger partial charge in [-0.1, -0.05) is 27.7 Å². The molecule has 0 aromatic carbocycles. The maximum Gasteiger partial charge on any atom is 0.510 e. The van der Waals surface area contributed by atoms with Crippen LogP contribution in [0.25, 0.3) is 0 Å². The molecule has 0 aromatic heterocycles. The summed E-state index contributed by atoms with van der Waals surface area (Å²) < 4.78 is 18.2. The van der Waals surface area contributed by atoms with E-state index in [1.165, 1.54) is 0 Å². The van der Waals surface area contributed by atoms with E-state index < -0.39 is 8.80 Å². The van der Waals surface area contributed by atoms with Gasteiger partial charge in [-0.3, -0.25) is 0 Å². The molecular formula is C14H33N3O3Si. The van der Waals surface area contributed by atoms with E-state index in [9.17, 15) is 0 Å². The second-order valence-electron chi connectivity index (χ2n) is 5.02. The fourth-order valence-electron chi connectivity index (χ4n) is 2.02. The van der Waals surface area contributed by atoms with Crippen molar-refractivity contribution in [3.05, 3.63) is 11.5 Å². The summed E-state index contributed by atoms with van der Waals surface area (Å²) >= 11 is 0. The van der Waals surface area contributed by atoms with Crippen molar-refractivity contribution in [1.82, 2.24) is 0 Å². The van der Waals surface area contributed by atoms with E-state index in [2.05, 4.69) is 20.8 Å². The van der Waals surface area contributed by atoms with E-state index >= 15 is 0 Å². The third-order valence-electron chi connectivity index (χ3n) is 3.07. The highest BCUT2D eigenvalue weighted by Gasteiger charge is 2.50. The fourth-order valence-corrected chi connectivity index (χ4v) is 5.39. The largest absolute Gasteiger partial charge is 0.510 e. The molecule has 0 saturated carbocycles. The van der Waals surface area contributed by atoms with Crippen molar-refractivity contribution in [2.24, 2.45) is 17.2 Å². The lowest BCUT2D eigenvalue weighted by molar-refractivity contribution is 0.0518. The van der Waals surface area contributed by atoms with Gasteiger partial charge < -0.3 is 30.5 Å². The molecule has 0 spiro atoms. The average molecular weight is 320 g/mol. The summed E-state index contributed by atoms with van der Waals surface area (Å²) in [6.45, 7) is 9.90. The smallest absolute Gasteiger partial charge is 0.399 e. The van der Waals surface area contributed by atoms with Crippen molar-refractivity contribution in [3.63, 3.8) is 0 Å². The molecule has 0 amide bonds. The van der Waals surface area contributed by atoms with Gasteiger partial charge in [0.1, 0.15) is 5.82 Å². The predicted molar refractivity (Wildman–Crippen MR) is 88.1 cm³/mol. The Balaban J connectivity index is 5.48. The molecule has 6 N–H and O–H groups in total. The highest BCUT2D eigenvalue weighted by atomic mass is 28.4. The number of hydrogen-bond donors (Lipinski definition) is 3. The minimum atomic E-state index is -2.96. The summed E-state index contributed by atoms with van der Waals surface area (Å²) in [5, 5.41) is 0. The van der Waals surface area contributed by atoms with Crippen LogP contribution in [0.5, 0.6) is 0 Å². The van der Waals surface area contributed by atoms with E-state index in [1.807, 2.05) is 6.92 Å². The lowest BCUT2D eigenvalue weighted by Crippen LogP contribution is -2.52. The number of hydrogen-bond acceptors (Lipinski definition) is 6. The molecule has 0 aromatic rings. The molecular weight excluding hydrogens is 286 g/mol. The molecule has 1 unspecified atom stereocenters. The van der Waals surface area contributed by atoms with Crippen LogP contribution < -0.4 is 17.2 Å². The summed E-state index contributed by atoms with van der Waals surface area (Å²) in [7, 11) is -2.96. The first kappa shape index (κ1) is 20.2. The summed E-state index contributed by atoms with van der Waals surface area (Å²) in [5.41, 5.74) is 17.7. The summed E-state index contributed by atoms with van der Waals surface area (Å²) in [6.07, 6.45) is 3.38. The van der Waals surface area contributed by atoms with E-state index in [1.54, 1.807) is 0 Å². The van der Waals surface area contributed by atoms with Crippen molar-refractivity contribution in [3.8, 4) is 0 Å². The lowest BCUT2D eigenvalue weighted by Gasteiger charge is -2.36. The molecule has 7 heteroatoms. The van der Waals surface area contributed by atoms with Crippen LogP contribution in [0.4, 0.5) is 0 Å². The van der Waals surface area contributed by atoms with Crippen LogP contribution >= 0.6 is 0 Å². The van der Waals surface area contributed by atoms with Crippen molar-refractivity contribution in [1.29, 1.82) is 0 Å². The van der Waals surface area contributed by atoms with Crippen LogP contribution in [0.2, 0.25) is 5.54 Å². The lowest BCUT2D eigenvalue weighted by atomic mass is 10.2. The third-order valence-corrected chi connectivity index (χ3v) is 6.46. The van der Waals surface area contributed by atoms with Gasteiger partial charge in [0.2, 0.25) is 0 Å². The van der Waals surface area contributed by atoms with Crippen LogP contribution in [0, 0.1) is 0 Å². The minimum Gasteiger partial charge on any atom is -0.399 e. The molecule has 0 bridgehead atoms. The first-order chi connectivity index (χ1) is 9.98. The van der Waals surface area contributed by atoms with Gasteiger partial charge in [0, 0.05) is 19.8 Å². The molecule has 0 rings (SSSR count). The van der Waals surface area contributed by atoms with Crippen LogP contribution in [-0.2, 0) is 13.3 Å². The van der Waals surface area contributed by atoms with Gasteiger partial charge in [0.15, 0.2) is 0 Å². The zero-order chi connectivity index (χ0) is 16.3. The quantitative estimate of drug-likeness (QED) is 0.475. The summed E-state index contributed by atoms with van der Waals surface area (Å²) in [6, 6.07) is 0. The molecule has 0 heterocycles. The van der Waals surface area contributed by atoms with Crippen molar-refractivity contribution >= 4 is 8.80 Å². The van der Waals surface area contributed by atoms with Crippen LogP contribution in [0.15, 0.2) is 11.5 Å². The molecule has 0 aliphatic carbocycles. The van der Waals surface area contributed by atoms with Gasteiger partial charge in [-0.25, -0.2) is 0 Å². The molecule has 0 aliphatic heterocycles. The highest BCUT2D eigenvalue weighted by Crippen LogP contribution is 2.34. The maximum absolute atomic E-state index is 6.10. The summed E-state index contributed by atoms with van der Waals surface area (Å²) in [4.78, 5) is 0. The monoisotopic (exact) mass is 319 g/mol. The molecule has 6 nitrogen and oxygen atoms in total. The van der Waals surface area contributed by atoms with Crippen molar-refractivity contribution < 1.29 is 13.3 Å². The Hall–Kier alpha value is -0.763. The second-order valence-corrected chi connectivity index (χ2v) is 7.79. The summed E-state index contributed by atoms with van der Waals surface area (Å²) in [5.74, 6) is 0.124. The standard InChI is InChI=1S/C14H33N3O3Si/c1-5-9-18-21(19-10-6-2,20-11-7-3)12(8-4)13(15)14(16)17/h12H,5-11,15-17H2,1-4H3. The second kappa shape index (κ2) is 10.9. The predicted octanol–water partition coefficient (Wildman–Crippen LogP) is 2.03. The van der Waals surface area contributed by atoms with Gasteiger partial charge >= 0.3 is 8.80 Å². The molecule has 126 valence electrons. The fraction of sp³-hybridized carbons (Fsp3) is 0.857. The molecule has 1 atom stereocenters. The molecule has 0 fully saturated rings. The van der Waals surface area contributed by atoms with Gasteiger partial charge in [-0.2, -0.15) is 0 Å². The van der Waals surface area contributed by atoms with Crippen LogP contribution in [-0.4, -0.2) is 28.6 Å². The molecule has 0 radical (unpaired) electrons. The Kier molecular flexibility index (Phi) is 10.5. The number of rotatable bonds is 12. The topological polar surface area (TPSA) is 106 Å². The molecule has 0 aliphatic rings. The Labute approximate surface area is 130 Å². The minimum absolute atomic E-state index is 0.124. The Morgan fingerprint density at radius 3 is 1.43 bits per heavy atom. The zero-order valence-corrected chi connectivity index (χ0v) is 15.0. The number of nitrogens with two attached hydrogens (primary N) is 3. The normalized spacial score (nSPS) is 13.1. The first-order valence-electron chi connectivity index (χ1n) is 7.91. The van der Waals surface area contributed by atoms with Crippen molar-refractivity contribution in [2.45, 2.75) is 58.9 Å². The van der Waals surface area contributed by atoms with E-state index in [0.717, 1.165) is 19.3 Å². The highest BCUT2D eigenvalue weighted by molar-refractivity contribution is 6.63. The molecule has 21 heavy (non-hydrogen) atoms. The van der Waals surface area contributed by atoms with E-state index in [0.29, 0.717) is 31.9 Å². The first-order valence-corrected chi connectivity index (χ1v) is 9.71. The Morgan fingerprint density at radius 2 is 1.19 bits per heavy atom. The third kappa shape index (κ3) is 6.25. The van der Waals surface area contributed by atoms with Gasteiger partial charge in [0.25, 0.3) is 0 Å². The zero-order valence-electron chi connectivity index (χ0n) is 14.0. The SMILES string of the molecule is CCCO[Si](OCCC)(OCCC)C(CC)C(N)=C(N)N. The Morgan fingerprint density at radius 1 is 0.810 bits per heavy atom. The number of allylic oxidation sites excluding steroid dienone is 1. The van der Waals surface area contributed by atoms with Gasteiger partial charge in [-0.05, 0) is 25.7 Å².